The molecule has 0 saturated heterocycles. The molecule has 0 fully saturated rings. The topological polar surface area (TPSA) is 25.8 Å². The molecule has 1 aliphatic heterocycles. The number of benzene rings is 9. The lowest BCUT2D eigenvalue weighted by Gasteiger charge is -2.39. The summed E-state index contributed by atoms with van der Waals surface area (Å²) < 4.78 is 0. The molecule has 3 heteroatoms. The maximum absolute atomic E-state index is 5.33. The quantitative estimate of drug-likeness (QED) is 0.169. The Hall–Kier alpha value is -6.81. The number of nitrogens with zero attached hydrogens (tertiary/aromatic N) is 2. The van der Waals surface area contributed by atoms with Crippen LogP contribution in [0.5, 0.6) is 0 Å². The van der Waals surface area contributed by atoms with Crippen LogP contribution in [0.4, 0.5) is 0 Å². The molecule has 56 heavy (non-hydrogen) atoms. The van der Waals surface area contributed by atoms with Crippen molar-refractivity contribution in [3.63, 3.8) is 0 Å². The van der Waals surface area contributed by atoms with E-state index in [9.17, 15) is 0 Å². The Morgan fingerprint density at radius 3 is 1.46 bits per heavy atom. The van der Waals surface area contributed by atoms with Crippen LogP contribution >= 0.6 is 11.8 Å². The first-order chi connectivity index (χ1) is 27.8. The molecule has 0 unspecified atom stereocenters. The lowest BCUT2D eigenvalue weighted by atomic mass is 9.67. The third kappa shape index (κ3) is 4.46. The Kier molecular flexibility index (Phi) is 6.81. The van der Waals surface area contributed by atoms with Gasteiger partial charge >= 0.3 is 0 Å². The first-order valence-corrected chi connectivity index (χ1v) is 20.0. The monoisotopic (exact) mass is 728 g/mol. The van der Waals surface area contributed by atoms with Crippen molar-refractivity contribution in [2.24, 2.45) is 0 Å². The van der Waals surface area contributed by atoms with E-state index in [1.54, 1.807) is 0 Å². The average Bonchev–Trinajstić information content (AvgIpc) is 3.56. The third-order valence-electron chi connectivity index (χ3n) is 11.9. The predicted molar refractivity (Wildman–Crippen MR) is 232 cm³/mol. The SMILES string of the molecule is c1ccc(-c2nc(-c3ccc4c(c3)C3(c5ccccc5Sc5ccccc53)c3ccccc3-4)cc(-c3ccc4c5ccccc5c5ccccc5c4c3)n2)cc1. The summed E-state index contributed by atoms with van der Waals surface area (Å²) >= 11 is 1.87. The van der Waals surface area contributed by atoms with E-state index in [4.69, 9.17) is 9.97 Å². The molecule has 9 aromatic carbocycles. The van der Waals surface area contributed by atoms with Gasteiger partial charge in [-0.2, -0.15) is 0 Å². The summed E-state index contributed by atoms with van der Waals surface area (Å²) in [7, 11) is 0. The smallest absolute Gasteiger partial charge is 0.160 e. The molecule has 12 rings (SSSR count). The second-order valence-corrected chi connectivity index (χ2v) is 15.9. The molecule has 2 heterocycles. The van der Waals surface area contributed by atoms with Gasteiger partial charge in [0.15, 0.2) is 5.82 Å². The zero-order chi connectivity index (χ0) is 36.8. The summed E-state index contributed by atoms with van der Waals surface area (Å²) in [6.45, 7) is 0. The highest BCUT2D eigenvalue weighted by Crippen LogP contribution is 2.62. The maximum atomic E-state index is 5.33. The summed E-state index contributed by atoms with van der Waals surface area (Å²) in [6.07, 6.45) is 0. The normalized spacial score (nSPS) is 13.4. The largest absolute Gasteiger partial charge is 0.228 e. The van der Waals surface area contributed by atoms with Crippen LogP contribution in [0.3, 0.4) is 0 Å². The van der Waals surface area contributed by atoms with Gasteiger partial charge in [-0.1, -0.05) is 176 Å². The Balaban J connectivity index is 1.11. The van der Waals surface area contributed by atoms with Gasteiger partial charge in [0.05, 0.1) is 16.8 Å². The van der Waals surface area contributed by atoms with Gasteiger partial charge in [-0.25, -0.2) is 9.97 Å². The fraction of sp³-hybridized carbons (Fsp3) is 0.0189. The minimum Gasteiger partial charge on any atom is -0.228 e. The van der Waals surface area contributed by atoms with Crippen molar-refractivity contribution in [1.82, 2.24) is 9.97 Å². The van der Waals surface area contributed by atoms with E-state index in [2.05, 4.69) is 188 Å². The maximum Gasteiger partial charge on any atom is 0.160 e. The van der Waals surface area contributed by atoms with Gasteiger partial charge in [-0.3, -0.25) is 0 Å². The average molecular weight is 729 g/mol. The summed E-state index contributed by atoms with van der Waals surface area (Å²) in [5.74, 6) is 0.713. The third-order valence-corrected chi connectivity index (χ3v) is 13.1. The molecule has 0 N–H and O–H groups in total. The van der Waals surface area contributed by atoms with Crippen LogP contribution in [0, 0.1) is 0 Å². The van der Waals surface area contributed by atoms with Crippen LogP contribution in [0.15, 0.2) is 204 Å². The molecule has 260 valence electrons. The van der Waals surface area contributed by atoms with Gasteiger partial charge in [0.2, 0.25) is 0 Å². The molecular formula is C53H32N2S. The molecule has 0 amide bonds. The fourth-order valence-corrected chi connectivity index (χ4v) is 10.7. The molecule has 0 atom stereocenters. The molecule has 0 radical (unpaired) electrons. The van der Waals surface area contributed by atoms with E-state index in [-0.39, 0.29) is 0 Å². The van der Waals surface area contributed by atoms with E-state index < -0.39 is 5.41 Å². The van der Waals surface area contributed by atoms with E-state index in [0.29, 0.717) is 5.82 Å². The molecule has 0 bridgehead atoms. The summed E-state index contributed by atoms with van der Waals surface area (Å²) in [5, 5.41) is 7.52. The number of hydrogen-bond donors (Lipinski definition) is 0. The van der Waals surface area contributed by atoms with Gasteiger partial charge < -0.3 is 0 Å². The summed E-state index contributed by atoms with van der Waals surface area (Å²) in [5.41, 5.74) is 12.3. The van der Waals surface area contributed by atoms with Crippen LogP contribution in [0.25, 0.3) is 77.3 Å². The van der Waals surface area contributed by atoms with Gasteiger partial charge in [-0.15, -0.1) is 0 Å². The molecule has 2 nitrogen and oxygen atoms in total. The fourth-order valence-electron chi connectivity index (χ4n) is 9.54. The molecule has 10 aromatic rings. The molecule has 2 aliphatic rings. The first-order valence-electron chi connectivity index (χ1n) is 19.2. The Bertz CT molecular complexity index is 3160. The minimum absolute atomic E-state index is 0.458. The van der Waals surface area contributed by atoms with Crippen molar-refractivity contribution in [3.8, 4) is 45.0 Å². The van der Waals surface area contributed by atoms with E-state index in [0.717, 1.165) is 28.1 Å². The van der Waals surface area contributed by atoms with E-state index >= 15 is 0 Å². The van der Waals surface area contributed by atoms with Gasteiger partial charge in [-0.05, 0) is 96.0 Å². The van der Waals surface area contributed by atoms with Crippen molar-refractivity contribution in [2.45, 2.75) is 15.2 Å². The summed E-state index contributed by atoms with van der Waals surface area (Å²) in [6, 6.07) is 70.8. The van der Waals surface area contributed by atoms with Crippen LogP contribution in [-0.4, -0.2) is 9.97 Å². The van der Waals surface area contributed by atoms with Crippen LogP contribution in [0.1, 0.15) is 22.3 Å². The molecular weight excluding hydrogens is 697 g/mol. The van der Waals surface area contributed by atoms with Gasteiger partial charge in [0.25, 0.3) is 0 Å². The second kappa shape index (κ2) is 12.1. The highest BCUT2D eigenvalue weighted by atomic mass is 32.2. The first kappa shape index (κ1) is 31.5. The van der Waals surface area contributed by atoms with Crippen molar-refractivity contribution < 1.29 is 0 Å². The lowest BCUT2D eigenvalue weighted by Crippen LogP contribution is -2.31. The summed E-state index contributed by atoms with van der Waals surface area (Å²) in [4.78, 5) is 13.2. The number of hydrogen-bond acceptors (Lipinski definition) is 3. The van der Waals surface area contributed by atoms with Crippen molar-refractivity contribution >= 4 is 44.1 Å². The lowest BCUT2D eigenvalue weighted by molar-refractivity contribution is 0.722. The van der Waals surface area contributed by atoms with Crippen molar-refractivity contribution in [3.05, 3.63) is 216 Å². The Morgan fingerprint density at radius 1 is 0.321 bits per heavy atom. The van der Waals surface area contributed by atoms with Gasteiger partial charge in [0, 0.05) is 26.5 Å². The van der Waals surface area contributed by atoms with Crippen molar-refractivity contribution in [1.29, 1.82) is 0 Å². The molecule has 0 saturated carbocycles. The number of fused-ring (bicyclic) bond motifs is 15. The van der Waals surface area contributed by atoms with Crippen molar-refractivity contribution in [2.75, 3.05) is 0 Å². The molecule has 1 aromatic heterocycles. The van der Waals surface area contributed by atoms with E-state index in [1.165, 1.54) is 75.5 Å². The van der Waals surface area contributed by atoms with E-state index in [1.807, 2.05) is 17.8 Å². The van der Waals surface area contributed by atoms with Crippen LogP contribution < -0.4 is 0 Å². The predicted octanol–water partition coefficient (Wildman–Crippen LogP) is 13.8. The second-order valence-electron chi connectivity index (χ2n) is 14.8. The molecule has 1 spiro atoms. The molecule has 1 aliphatic carbocycles. The highest BCUT2D eigenvalue weighted by molar-refractivity contribution is 7.99. The Morgan fingerprint density at radius 2 is 0.804 bits per heavy atom. The zero-order valence-electron chi connectivity index (χ0n) is 30.3. The van der Waals surface area contributed by atoms with Crippen LogP contribution in [0.2, 0.25) is 0 Å². The number of aromatic nitrogens is 2. The minimum atomic E-state index is -0.458. The van der Waals surface area contributed by atoms with Crippen LogP contribution in [-0.2, 0) is 5.41 Å². The number of rotatable bonds is 3. The van der Waals surface area contributed by atoms with Gasteiger partial charge in [0.1, 0.15) is 0 Å². The Labute approximate surface area is 329 Å². The highest BCUT2D eigenvalue weighted by Gasteiger charge is 2.50. The standard InChI is InChI=1S/C53H32N2S/c1-2-14-33(15-3-1)52-54-48(34-26-28-40-38-18-5-4-16-36(38)37-17-6-7-19-39(37)43(40)30-34)32-49(55-52)35-27-29-42-41-20-8-9-21-44(41)53(47(42)31-35)45-22-10-12-24-50(45)56-51-25-13-11-23-46(51)53/h1-32H. The zero-order valence-corrected chi connectivity index (χ0v) is 31.1.